The van der Waals surface area contributed by atoms with E-state index in [0.29, 0.717) is 30.5 Å². The number of benzene rings is 2. The van der Waals surface area contributed by atoms with E-state index in [1.807, 2.05) is 19.1 Å². The first-order valence-corrected chi connectivity index (χ1v) is 11.8. The van der Waals surface area contributed by atoms with Crippen molar-refractivity contribution in [3.8, 4) is 0 Å². The highest BCUT2D eigenvalue weighted by molar-refractivity contribution is 7.89. The Labute approximate surface area is 177 Å². The number of fused-ring (bicyclic) bond motifs is 1. The molecule has 1 saturated heterocycles. The molecule has 0 N–H and O–H groups in total. The monoisotopic (exact) mass is 422 g/mol. The van der Waals surface area contributed by atoms with Crippen molar-refractivity contribution < 1.29 is 13.2 Å². The molecule has 0 spiro atoms. The minimum atomic E-state index is -3.47. The van der Waals surface area contributed by atoms with Gasteiger partial charge in [-0.15, -0.1) is 0 Å². The van der Waals surface area contributed by atoms with Crippen LogP contribution in [0.15, 0.2) is 59.5 Å². The third kappa shape index (κ3) is 3.39. The minimum absolute atomic E-state index is 0.308. The average molecular weight is 423 g/mol. The van der Waals surface area contributed by atoms with Crippen LogP contribution in [0.4, 0.5) is 0 Å². The molecule has 3 aromatic rings. The van der Waals surface area contributed by atoms with Gasteiger partial charge in [-0.2, -0.15) is 4.31 Å². The first-order valence-electron chi connectivity index (χ1n) is 10.4. The van der Waals surface area contributed by atoms with Gasteiger partial charge in [0.15, 0.2) is 0 Å². The van der Waals surface area contributed by atoms with Gasteiger partial charge in [0.25, 0.3) is 0 Å². The highest BCUT2D eigenvalue weighted by Crippen LogP contribution is 2.36. The van der Waals surface area contributed by atoms with Crippen LogP contribution in [0.3, 0.4) is 0 Å². The van der Waals surface area contributed by atoms with E-state index in [0.717, 1.165) is 18.7 Å². The molecule has 0 saturated carbocycles. The Morgan fingerprint density at radius 1 is 1.07 bits per heavy atom. The summed E-state index contributed by atoms with van der Waals surface area (Å²) in [6.07, 6.45) is 3.10. The number of ether oxygens (including phenoxy) is 1. The highest BCUT2D eigenvalue weighted by Gasteiger charge is 2.29. The average Bonchev–Trinajstić information content (AvgIpc) is 3.53. The Bertz CT molecular complexity index is 1240. The van der Waals surface area contributed by atoms with Crippen LogP contribution < -0.4 is 0 Å². The molecule has 6 heteroatoms. The molecule has 30 heavy (non-hydrogen) atoms. The quantitative estimate of drug-likeness (QED) is 0.581. The number of rotatable bonds is 5. The van der Waals surface area contributed by atoms with Gasteiger partial charge >= 0.3 is 0 Å². The molecular formula is C24H26N2O3S. The predicted octanol–water partition coefficient (Wildman–Crippen LogP) is 4.13. The van der Waals surface area contributed by atoms with E-state index in [9.17, 15) is 8.42 Å². The van der Waals surface area contributed by atoms with Gasteiger partial charge in [0, 0.05) is 35.2 Å². The molecule has 1 atom stereocenters. The number of aryl methyl sites for hydroxylation is 1. The van der Waals surface area contributed by atoms with Crippen molar-refractivity contribution in [1.29, 1.82) is 0 Å². The molecule has 0 radical (unpaired) electrons. The zero-order valence-electron chi connectivity index (χ0n) is 17.3. The van der Waals surface area contributed by atoms with E-state index in [-0.39, 0.29) is 0 Å². The third-order valence-electron chi connectivity index (χ3n) is 6.17. The van der Waals surface area contributed by atoms with Crippen molar-refractivity contribution in [2.75, 3.05) is 19.7 Å². The van der Waals surface area contributed by atoms with Crippen LogP contribution in [0, 0.1) is 13.8 Å². The number of aromatic nitrogens is 1. The molecule has 3 heterocycles. The molecule has 1 fully saturated rings. The second-order valence-corrected chi connectivity index (χ2v) is 10.1. The summed E-state index contributed by atoms with van der Waals surface area (Å²) in [4.78, 5) is 0.363. The third-order valence-corrected chi connectivity index (χ3v) is 8.05. The molecule has 2 aromatic carbocycles. The van der Waals surface area contributed by atoms with E-state index in [4.69, 9.17) is 4.74 Å². The normalized spacial score (nSPS) is 19.8. The standard InChI is InChI=1S/C24H26N2O3S/c1-17-7-9-21(10-8-17)30(27,28)25-13-11-19(12-14-25)24-18(2)26(15-20-16-29-20)23-6-4-3-5-22(23)24/h3-11,20H,12-16H2,1-2H3. The van der Waals surface area contributed by atoms with Crippen molar-refractivity contribution >= 4 is 26.5 Å². The van der Waals surface area contributed by atoms with Crippen LogP contribution in [-0.4, -0.2) is 43.1 Å². The lowest BCUT2D eigenvalue weighted by Crippen LogP contribution is -2.34. The number of sulfonamides is 1. The van der Waals surface area contributed by atoms with E-state index in [1.165, 1.54) is 27.7 Å². The molecule has 0 aliphatic carbocycles. The second kappa shape index (κ2) is 7.38. The van der Waals surface area contributed by atoms with Crippen molar-refractivity contribution in [2.24, 2.45) is 0 Å². The van der Waals surface area contributed by atoms with Crippen LogP contribution in [0.5, 0.6) is 0 Å². The largest absolute Gasteiger partial charge is 0.371 e. The van der Waals surface area contributed by atoms with E-state index in [2.05, 4.69) is 41.8 Å². The maximum Gasteiger partial charge on any atom is 0.243 e. The van der Waals surface area contributed by atoms with Gasteiger partial charge in [-0.25, -0.2) is 8.42 Å². The molecule has 5 rings (SSSR count). The van der Waals surface area contributed by atoms with E-state index in [1.54, 1.807) is 16.4 Å². The molecule has 1 aromatic heterocycles. The molecule has 156 valence electrons. The van der Waals surface area contributed by atoms with Crippen molar-refractivity contribution in [3.63, 3.8) is 0 Å². The summed E-state index contributed by atoms with van der Waals surface area (Å²) in [6.45, 7) is 6.71. The maximum absolute atomic E-state index is 13.0. The fourth-order valence-electron chi connectivity index (χ4n) is 4.40. The van der Waals surface area contributed by atoms with E-state index < -0.39 is 10.0 Å². The molecule has 2 aliphatic heterocycles. The Hall–Kier alpha value is -2.41. The number of nitrogens with zero attached hydrogens (tertiary/aromatic N) is 2. The van der Waals surface area contributed by atoms with Crippen molar-refractivity contribution in [2.45, 2.75) is 37.8 Å². The smallest absolute Gasteiger partial charge is 0.243 e. The van der Waals surface area contributed by atoms with Gasteiger partial charge < -0.3 is 9.30 Å². The fraction of sp³-hybridized carbons (Fsp3) is 0.333. The first-order chi connectivity index (χ1) is 14.4. The van der Waals surface area contributed by atoms with Crippen molar-refractivity contribution in [1.82, 2.24) is 8.87 Å². The first kappa shape index (κ1) is 19.5. The van der Waals surface area contributed by atoms with Crippen LogP contribution >= 0.6 is 0 Å². The zero-order chi connectivity index (χ0) is 20.9. The van der Waals surface area contributed by atoms with Gasteiger partial charge in [-0.3, -0.25) is 0 Å². The predicted molar refractivity (Wildman–Crippen MR) is 119 cm³/mol. The fourth-order valence-corrected chi connectivity index (χ4v) is 5.78. The molecule has 0 bridgehead atoms. The summed E-state index contributed by atoms with van der Waals surface area (Å²) in [5.41, 5.74) is 5.98. The molecule has 0 amide bonds. The van der Waals surface area contributed by atoms with Gasteiger partial charge in [-0.05, 0) is 44.0 Å². The van der Waals surface area contributed by atoms with Gasteiger partial charge in [0.2, 0.25) is 10.0 Å². The van der Waals surface area contributed by atoms with E-state index >= 15 is 0 Å². The summed E-state index contributed by atoms with van der Waals surface area (Å²) in [6, 6.07) is 15.6. The molecular weight excluding hydrogens is 396 g/mol. The number of para-hydroxylation sites is 1. The Kier molecular flexibility index (Phi) is 4.81. The second-order valence-electron chi connectivity index (χ2n) is 8.20. The summed E-state index contributed by atoms with van der Waals surface area (Å²) in [7, 11) is -3.47. The zero-order valence-corrected chi connectivity index (χ0v) is 18.2. The molecule has 5 nitrogen and oxygen atoms in total. The lowest BCUT2D eigenvalue weighted by Gasteiger charge is -2.26. The van der Waals surface area contributed by atoms with Gasteiger partial charge in [0.05, 0.1) is 24.2 Å². The SMILES string of the molecule is Cc1ccc(S(=O)(=O)N2CC=C(c3c(C)n(CC4CO4)c4ccccc34)CC2)cc1. The Morgan fingerprint density at radius 3 is 2.47 bits per heavy atom. The maximum atomic E-state index is 13.0. The Balaban J connectivity index is 1.47. The summed E-state index contributed by atoms with van der Waals surface area (Å²) in [5.74, 6) is 0. The van der Waals surface area contributed by atoms with Crippen LogP contribution in [0.2, 0.25) is 0 Å². The number of hydrogen-bond acceptors (Lipinski definition) is 3. The lowest BCUT2D eigenvalue weighted by molar-refractivity contribution is 0.384. The molecule has 1 unspecified atom stereocenters. The molecule has 2 aliphatic rings. The summed E-state index contributed by atoms with van der Waals surface area (Å²) >= 11 is 0. The summed E-state index contributed by atoms with van der Waals surface area (Å²) in [5, 5.41) is 1.23. The Morgan fingerprint density at radius 2 is 1.80 bits per heavy atom. The number of hydrogen-bond donors (Lipinski definition) is 0. The van der Waals surface area contributed by atoms with Crippen LogP contribution in [0.25, 0.3) is 16.5 Å². The lowest BCUT2D eigenvalue weighted by atomic mass is 9.97. The number of epoxide rings is 1. The van der Waals surface area contributed by atoms with Gasteiger partial charge in [-0.1, -0.05) is 42.0 Å². The minimum Gasteiger partial charge on any atom is -0.371 e. The van der Waals surface area contributed by atoms with Crippen molar-refractivity contribution in [3.05, 3.63) is 71.4 Å². The van der Waals surface area contributed by atoms with Crippen LogP contribution in [-0.2, 0) is 21.3 Å². The van der Waals surface area contributed by atoms with Crippen LogP contribution in [0.1, 0.15) is 23.2 Å². The highest BCUT2D eigenvalue weighted by atomic mass is 32.2. The summed E-state index contributed by atoms with van der Waals surface area (Å²) < 4.78 is 35.5. The topological polar surface area (TPSA) is 54.8 Å². The van der Waals surface area contributed by atoms with Gasteiger partial charge in [0.1, 0.15) is 0 Å².